The van der Waals surface area contributed by atoms with E-state index >= 15 is 0 Å². The molecule has 0 N–H and O–H groups in total. The first-order valence-corrected chi connectivity index (χ1v) is 8.72. The molecule has 0 radical (unpaired) electrons. The number of rotatable bonds is 11. The highest BCUT2D eigenvalue weighted by Gasteiger charge is 2.06. The van der Waals surface area contributed by atoms with Gasteiger partial charge in [0.1, 0.15) is 0 Å². The summed E-state index contributed by atoms with van der Waals surface area (Å²) in [5.41, 5.74) is 0. The van der Waals surface area contributed by atoms with Gasteiger partial charge in [-0.25, -0.2) is 13.2 Å². The first-order valence-electron chi connectivity index (χ1n) is 7.00. The summed E-state index contributed by atoms with van der Waals surface area (Å²) in [6.07, 6.45) is 9.84. The Labute approximate surface area is 117 Å². The lowest BCUT2D eigenvalue weighted by Gasteiger charge is -2.01. The Kier molecular flexibility index (Phi) is 10.5. The molecule has 0 heterocycles. The fourth-order valence-corrected chi connectivity index (χ4v) is 2.79. The number of hydrogen-bond acceptors (Lipinski definition) is 4. The van der Waals surface area contributed by atoms with Gasteiger partial charge in [0.2, 0.25) is 0 Å². The van der Waals surface area contributed by atoms with Crippen LogP contribution in [0.25, 0.3) is 0 Å². The molecule has 0 saturated heterocycles. The standard InChI is InChI=1S/C14H26O4S/c1-3-4-5-6-7-8-9-10-12-19(16,17)13-11-14(15)18-2/h11,13H,3-10,12H2,1-2H3. The van der Waals surface area contributed by atoms with Crippen molar-refractivity contribution in [2.75, 3.05) is 12.9 Å². The molecule has 0 aliphatic carbocycles. The first-order chi connectivity index (χ1) is 9.02. The van der Waals surface area contributed by atoms with Crippen LogP contribution in [0, 0.1) is 0 Å². The highest BCUT2D eigenvalue weighted by Crippen LogP contribution is 2.09. The van der Waals surface area contributed by atoms with Crippen LogP contribution in [0.2, 0.25) is 0 Å². The topological polar surface area (TPSA) is 60.4 Å². The van der Waals surface area contributed by atoms with Crippen LogP contribution in [0.5, 0.6) is 0 Å². The molecule has 4 nitrogen and oxygen atoms in total. The van der Waals surface area contributed by atoms with Crippen molar-refractivity contribution in [3.63, 3.8) is 0 Å². The molecule has 0 bridgehead atoms. The van der Waals surface area contributed by atoms with Gasteiger partial charge in [0, 0.05) is 11.5 Å². The zero-order valence-electron chi connectivity index (χ0n) is 12.1. The van der Waals surface area contributed by atoms with Gasteiger partial charge >= 0.3 is 5.97 Å². The molecule has 0 saturated carbocycles. The minimum Gasteiger partial charge on any atom is -0.466 e. The molecule has 0 spiro atoms. The molecule has 0 aliphatic rings. The lowest BCUT2D eigenvalue weighted by atomic mass is 10.1. The summed E-state index contributed by atoms with van der Waals surface area (Å²) in [4.78, 5) is 10.8. The maximum atomic E-state index is 11.5. The van der Waals surface area contributed by atoms with Crippen LogP contribution in [0.4, 0.5) is 0 Å². The van der Waals surface area contributed by atoms with Crippen LogP contribution in [0.3, 0.4) is 0 Å². The second-order valence-corrected chi connectivity index (χ2v) is 6.67. The number of hydrogen-bond donors (Lipinski definition) is 0. The molecule has 0 aromatic rings. The maximum absolute atomic E-state index is 11.5. The second-order valence-electron chi connectivity index (χ2n) is 4.67. The van der Waals surface area contributed by atoms with E-state index < -0.39 is 15.8 Å². The van der Waals surface area contributed by atoms with Crippen molar-refractivity contribution in [1.82, 2.24) is 0 Å². The molecule has 5 heteroatoms. The summed E-state index contributed by atoms with van der Waals surface area (Å²) in [6, 6.07) is 0. The van der Waals surface area contributed by atoms with Crippen molar-refractivity contribution in [3.8, 4) is 0 Å². The molecule has 0 fully saturated rings. The Morgan fingerprint density at radius 3 is 2.05 bits per heavy atom. The fraction of sp³-hybridized carbons (Fsp3) is 0.786. The number of esters is 1. The average Bonchev–Trinajstić information content (AvgIpc) is 2.39. The normalized spacial score (nSPS) is 11.9. The van der Waals surface area contributed by atoms with E-state index in [4.69, 9.17) is 0 Å². The molecule has 112 valence electrons. The van der Waals surface area contributed by atoms with E-state index in [1.165, 1.54) is 39.2 Å². The van der Waals surface area contributed by atoms with E-state index in [-0.39, 0.29) is 5.75 Å². The van der Waals surface area contributed by atoms with Crippen LogP contribution < -0.4 is 0 Å². The third-order valence-electron chi connectivity index (χ3n) is 2.90. The van der Waals surface area contributed by atoms with Gasteiger partial charge in [-0.05, 0) is 6.42 Å². The van der Waals surface area contributed by atoms with Gasteiger partial charge in [0.05, 0.1) is 12.9 Å². The van der Waals surface area contributed by atoms with Gasteiger partial charge in [0.25, 0.3) is 0 Å². The predicted octanol–water partition coefficient (Wildman–Crippen LogP) is 3.23. The van der Waals surface area contributed by atoms with Gasteiger partial charge < -0.3 is 4.74 Å². The second kappa shape index (κ2) is 11.0. The SMILES string of the molecule is CCCCCCCCCCS(=O)(=O)C=CC(=O)OC. The maximum Gasteiger partial charge on any atom is 0.331 e. The molecule has 0 atom stereocenters. The van der Waals surface area contributed by atoms with Crippen molar-refractivity contribution in [1.29, 1.82) is 0 Å². The molecule has 0 unspecified atom stereocenters. The third kappa shape index (κ3) is 12.0. The van der Waals surface area contributed by atoms with E-state index in [0.29, 0.717) is 6.42 Å². The van der Waals surface area contributed by atoms with E-state index in [0.717, 1.165) is 24.3 Å². The molecule has 0 rings (SSSR count). The third-order valence-corrected chi connectivity index (χ3v) is 4.30. The largest absolute Gasteiger partial charge is 0.466 e. The van der Waals surface area contributed by atoms with Crippen LogP contribution in [0.1, 0.15) is 58.3 Å². The number of ether oxygens (including phenoxy) is 1. The number of methoxy groups -OCH3 is 1. The molecule has 0 aromatic heterocycles. The lowest BCUT2D eigenvalue weighted by Crippen LogP contribution is -2.04. The predicted molar refractivity (Wildman–Crippen MR) is 77.6 cm³/mol. The monoisotopic (exact) mass is 290 g/mol. The molecule has 0 amide bonds. The molecule has 0 aliphatic heterocycles. The minimum atomic E-state index is -3.27. The van der Waals surface area contributed by atoms with Crippen molar-refractivity contribution in [3.05, 3.63) is 11.5 Å². The summed E-state index contributed by atoms with van der Waals surface area (Å²) in [5.74, 6) is -0.533. The summed E-state index contributed by atoms with van der Waals surface area (Å²) < 4.78 is 27.4. The highest BCUT2D eigenvalue weighted by atomic mass is 32.2. The quantitative estimate of drug-likeness (QED) is 0.333. The van der Waals surface area contributed by atoms with Crippen molar-refractivity contribution in [2.45, 2.75) is 58.3 Å². The van der Waals surface area contributed by atoms with Gasteiger partial charge in [-0.3, -0.25) is 0 Å². The Hall–Kier alpha value is -0.840. The number of carbonyl (C=O) groups is 1. The van der Waals surface area contributed by atoms with Gasteiger partial charge in [-0.1, -0.05) is 51.9 Å². The summed E-state index contributed by atoms with van der Waals surface area (Å²) >= 11 is 0. The lowest BCUT2D eigenvalue weighted by molar-refractivity contribution is -0.134. The average molecular weight is 290 g/mol. The summed E-state index contributed by atoms with van der Waals surface area (Å²) in [5, 5.41) is 0.945. The fourth-order valence-electron chi connectivity index (χ4n) is 1.73. The minimum absolute atomic E-state index is 0.107. The Morgan fingerprint density at radius 1 is 1.00 bits per heavy atom. The Bertz CT molecular complexity index is 358. The van der Waals surface area contributed by atoms with Crippen molar-refractivity contribution < 1.29 is 17.9 Å². The Morgan fingerprint density at radius 2 is 1.53 bits per heavy atom. The van der Waals surface area contributed by atoms with Crippen LogP contribution >= 0.6 is 0 Å². The molecular weight excluding hydrogens is 264 g/mol. The van der Waals surface area contributed by atoms with Crippen molar-refractivity contribution >= 4 is 15.8 Å². The van der Waals surface area contributed by atoms with Gasteiger partial charge in [0.15, 0.2) is 9.84 Å². The molecule has 0 aromatic carbocycles. The summed E-state index contributed by atoms with van der Waals surface area (Å²) in [7, 11) is -2.05. The van der Waals surface area contributed by atoms with Crippen LogP contribution in [-0.4, -0.2) is 27.2 Å². The van der Waals surface area contributed by atoms with E-state index in [1.807, 2.05) is 0 Å². The number of sulfone groups is 1. The number of unbranched alkanes of at least 4 members (excludes halogenated alkanes) is 7. The molecular formula is C14H26O4S. The summed E-state index contributed by atoms with van der Waals surface area (Å²) in [6.45, 7) is 2.19. The zero-order chi connectivity index (χ0) is 14.6. The van der Waals surface area contributed by atoms with Gasteiger partial charge in [-0.15, -0.1) is 0 Å². The van der Waals surface area contributed by atoms with E-state index in [2.05, 4.69) is 11.7 Å². The van der Waals surface area contributed by atoms with Crippen LogP contribution in [0.15, 0.2) is 11.5 Å². The van der Waals surface area contributed by atoms with Crippen LogP contribution in [-0.2, 0) is 19.4 Å². The Balaban J connectivity index is 3.65. The molecule has 19 heavy (non-hydrogen) atoms. The zero-order valence-corrected chi connectivity index (χ0v) is 12.9. The first kappa shape index (κ1) is 18.2. The van der Waals surface area contributed by atoms with Crippen molar-refractivity contribution in [2.24, 2.45) is 0 Å². The number of carbonyl (C=O) groups excluding carboxylic acids is 1. The van der Waals surface area contributed by atoms with E-state index in [9.17, 15) is 13.2 Å². The van der Waals surface area contributed by atoms with Gasteiger partial charge in [-0.2, -0.15) is 0 Å². The van der Waals surface area contributed by atoms with E-state index in [1.54, 1.807) is 0 Å². The highest BCUT2D eigenvalue weighted by molar-refractivity contribution is 7.94. The smallest absolute Gasteiger partial charge is 0.331 e.